The number of rotatable bonds is 6. The van der Waals surface area contributed by atoms with Crippen molar-refractivity contribution in [2.24, 2.45) is 5.92 Å². The second-order valence-electron chi connectivity index (χ2n) is 8.44. The highest BCUT2D eigenvalue weighted by Crippen LogP contribution is 2.33. The number of nitrogens with two attached hydrogens (primary N) is 1. The predicted octanol–water partition coefficient (Wildman–Crippen LogP) is 4.73. The zero-order valence-corrected chi connectivity index (χ0v) is 17.0. The first kappa shape index (κ1) is 19.2. The maximum atomic E-state index is 6.32. The van der Waals surface area contributed by atoms with Gasteiger partial charge in [-0.15, -0.1) is 0 Å². The number of aryl methyl sites for hydroxylation is 1. The van der Waals surface area contributed by atoms with Crippen molar-refractivity contribution in [1.29, 1.82) is 0 Å². The molecule has 0 radical (unpaired) electrons. The Labute approximate surface area is 168 Å². The van der Waals surface area contributed by atoms with Crippen molar-refractivity contribution in [3.05, 3.63) is 41.6 Å². The number of hydrogen-bond acceptors (Lipinski definition) is 5. The third-order valence-corrected chi connectivity index (χ3v) is 6.46. The second-order valence-corrected chi connectivity index (χ2v) is 8.44. The van der Waals surface area contributed by atoms with E-state index in [0.29, 0.717) is 17.7 Å². The number of nitrogens with zero attached hydrogens (tertiary/aromatic N) is 3. The van der Waals surface area contributed by atoms with E-state index < -0.39 is 0 Å². The lowest BCUT2D eigenvalue weighted by atomic mass is 9.90. The number of nitrogens with one attached hydrogen (secondary N) is 1. The lowest BCUT2D eigenvalue weighted by Gasteiger charge is -2.33. The summed E-state index contributed by atoms with van der Waals surface area (Å²) in [5.74, 6) is 2.62. The topological polar surface area (TPSA) is 67.1 Å². The number of nitrogen functional groups attached to an aromatic ring is 1. The minimum Gasteiger partial charge on any atom is -0.383 e. The first-order chi connectivity index (χ1) is 13.7. The fraction of sp³-hybridized carbons (Fsp3) is 0.565. The number of likely N-dealkylation sites (tertiary alicyclic amines) is 1. The Bertz CT molecular complexity index is 776. The van der Waals surface area contributed by atoms with Crippen molar-refractivity contribution < 1.29 is 0 Å². The van der Waals surface area contributed by atoms with Gasteiger partial charge in [0.15, 0.2) is 0 Å². The van der Waals surface area contributed by atoms with E-state index >= 15 is 0 Å². The molecule has 2 aromatic rings. The molecule has 5 heteroatoms. The summed E-state index contributed by atoms with van der Waals surface area (Å²) in [6, 6.07) is 8.35. The van der Waals surface area contributed by atoms with Crippen molar-refractivity contribution in [3.63, 3.8) is 0 Å². The molecule has 1 aromatic heterocycles. The molecule has 0 atom stereocenters. The smallest absolute Gasteiger partial charge is 0.229 e. The molecule has 0 amide bonds. The second kappa shape index (κ2) is 8.91. The summed E-state index contributed by atoms with van der Waals surface area (Å²) >= 11 is 0. The summed E-state index contributed by atoms with van der Waals surface area (Å²) in [7, 11) is 0. The van der Waals surface area contributed by atoms with Gasteiger partial charge in [0.05, 0.1) is 0 Å². The lowest BCUT2D eigenvalue weighted by molar-refractivity contribution is 0.183. The Morgan fingerprint density at radius 2 is 1.93 bits per heavy atom. The van der Waals surface area contributed by atoms with Gasteiger partial charge in [0.25, 0.3) is 0 Å². The normalized spacial score (nSPS) is 19.2. The fourth-order valence-corrected chi connectivity index (χ4v) is 4.76. The van der Waals surface area contributed by atoms with Gasteiger partial charge in [-0.2, -0.15) is 4.98 Å². The van der Waals surface area contributed by atoms with E-state index in [1.54, 1.807) is 0 Å². The molecule has 1 saturated heterocycles. The molecule has 1 saturated carbocycles. The van der Waals surface area contributed by atoms with Crippen molar-refractivity contribution >= 4 is 17.5 Å². The highest BCUT2D eigenvalue weighted by Gasteiger charge is 2.25. The van der Waals surface area contributed by atoms with Crippen LogP contribution in [0.3, 0.4) is 0 Å². The molecule has 4 rings (SSSR count). The van der Waals surface area contributed by atoms with Crippen LogP contribution in [0.4, 0.5) is 17.5 Å². The minimum atomic E-state index is 0.484. The highest BCUT2D eigenvalue weighted by molar-refractivity contribution is 5.56. The number of aromatic nitrogens is 2. The van der Waals surface area contributed by atoms with Crippen LogP contribution in [-0.4, -0.2) is 34.5 Å². The van der Waals surface area contributed by atoms with Crippen LogP contribution in [0.25, 0.3) is 0 Å². The maximum Gasteiger partial charge on any atom is 0.229 e. The third-order valence-electron chi connectivity index (χ3n) is 6.46. The lowest BCUT2D eigenvalue weighted by Crippen LogP contribution is -2.36. The maximum absolute atomic E-state index is 6.32. The van der Waals surface area contributed by atoms with E-state index in [4.69, 9.17) is 5.73 Å². The fourth-order valence-electron chi connectivity index (χ4n) is 4.76. The van der Waals surface area contributed by atoms with Gasteiger partial charge >= 0.3 is 0 Å². The SMILES string of the molecule is CCc1cccc(Nc2ncc(C3CCN(CC4CCCC4)CC3)c(N)n2)c1. The van der Waals surface area contributed by atoms with E-state index in [0.717, 1.165) is 36.4 Å². The van der Waals surface area contributed by atoms with Gasteiger partial charge in [0.2, 0.25) is 5.95 Å². The standard InChI is InChI=1S/C23H33N5/c1-2-17-8-5-9-20(14-17)26-23-25-15-21(22(24)27-23)19-10-12-28(13-11-19)16-18-6-3-4-7-18/h5,8-9,14-15,18-19H,2-4,6-7,10-13,16H2,1H3,(H3,24,25,26,27). The molecule has 1 aliphatic heterocycles. The Hall–Kier alpha value is -2.14. The molecule has 0 spiro atoms. The van der Waals surface area contributed by atoms with E-state index in [1.165, 1.54) is 50.9 Å². The average Bonchev–Trinajstić information content (AvgIpc) is 3.22. The van der Waals surface area contributed by atoms with Crippen LogP contribution in [0.1, 0.15) is 62.5 Å². The van der Waals surface area contributed by atoms with Crippen LogP contribution in [0.2, 0.25) is 0 Å². The molecular weight excluding hydrogens is 346 g/mol. The van der Waals surface area contributed by atoms with Gasteiger partial charge in [-0.25, -0.2) is 4.98 Å². The minimum absolute atomic E-state index is 0.484. The van der Waals surface area contributed by atoms with Gasteiger partial charge in [-0.1, -0.05) is 31.9 Å². The molecule has 2 fully saturated rings. The molecule has 0 bridgehead atoms. The van der Waals surface area contributed by atoms with Gasteiger partial charge in [-0.05, 0) is 74.7 Å². The summed E-state index contributed by atoms with van der Waals surface area (Å²) in [6.45, 7) is 5.79. The zero-order chi connectivity index (χ0) is 19.3. The quantitative estimate of drug-likeness (QED) is 0.759. The molecule has 150 valence electrons. The Morgan fingerprint density at radius 1 is 1.14 bits per heavy atom. The Morgan fingerprint density at radius 3 is 2.64 bits per heavy atom. The van der Waals surface area contributed by atoms with Crippen LogP contribution >= 0.6 is 0 Å². The first-order valence-corrected chi connectivity index (χ1v) is 10.9. The molecule has 1 aliphatic carbocycles. The van der Waals surface area contributed by atoms with Gasteiger partial charge in [0, 0.05) is 24.0 Å². The summed E-state index contributed by atoms with van der Waals surface area (Å²) in [5.41, 5.74) is 9.74. The third kappa shape index (κ3) is 4.64. The molecule has 3 N–H and O–H groups in total. The van der Waals surface area contributed by atoms with Crippen LogP contribution in [0.15, 0.2) is 30.5 Å². The van der Waals surface area contributed by atoms with Gasteiger partial charge in [-0.3, -0.25) is 0 Å². The summed E-state index contributed by atoms with van der Waals surface area (Å²) in [6.07, 6.45) is 11.0. The van der Waals surface area contributed by atoms with Crippen molar-refractivity contribution in [2.45, 2.75) is 57.8 Å². The van der Waals surface area contributed by atoms with Crippen molar-refractivity contribution in [2.75, 3.05) is 30.7 Å². The van der Waals surface area contributed by atoms with Crippen LogP contribution in [0.5, 0.6) is 0 Å². The highest BCUT2D eigenvalue weighted by atomic mass is 15.1. The van der Waals surface area contributed by atoms with Crippen LogP contribution in [-0.2, 0) is 6.42 Å². The Balaban J connectivity index is 1.35. The summed E-state index contributed by atoms with van der Waals surface area (Å²) < 4.78 is 0. The molecule has 2 aliphatic rings. The van der Waals surface area contributed by atoms with E-state index in [9.17, 15) is 0 Å². The predicted molar refractivity (Wildman–Crippen MR) is 116 cm³/mol. The number of piperidine rings is 1. The Kier molecular flexibility index (Phi) is 6.10. The van der Waals surface area contributed by atoms with Gasteiger partial charge < -0.3 is 16.0 Å². The van der Waals surface area contributed by atoms with Gasteiger partial charge in [0.1, 0.15) is 5.82 Å². The first-order valence-electron chi connectivity index (χ1n) is 10.9. The number of benzene rings is 1. The van der Waals surface area contributed by atoms with E-state index in [1.807, 2.05) is 12.3 Å². The van der Waals surface area contributed by atoms with Crippen LogP contribution < -0.4 is 11.1 Å². The molecular formula is C23H33N5. The molecule has 2 heterocycles. The van der Waals surface area contributed by atoms with E-state index in [-0.39, 0.29) is 0 Å². The summed E-state index contributed by atoms with van der Waals surface area (Å²) in [5, 5.41) is 3.29. The largest absolute Gasteiger partial charge is 0.383 e. The zero-order valence-electron chi connectivity index (χ0n) is 17.0. The average molecular weight is 380 g/mol. The molecule has 0 unspecified atom stereocenters. The molecule has 28 heavy (non-hydrogen) atoms. The van der Waals surface area contributed by atoms with Crippen molar-refractivity contribution in [3.8, 4) is 0 Å². The summed E-state index contributed by atoms with van der Waals surface area (Å²) in [4.78, 5) is 11.7. The molecule has 1 aromatic carbocycles. The number of anilines is 3. The van der Waals surface area contributed by atoms with Crippen molar-refractivity contribution in [1.82, 2.24) is 14.9 Å². The van der Waals surface area contributed by atoms with Crippen LogP contribution in [0, 0.1) is 5.92 Å². The van der Waals surface area contributed by atoms with E-state index in [2.05, 4.69) is 45.3 Å². The number of hydrogen-bond donors (Lipinski definition) is 2. The molecule has 5 nitrogen and oxygen atoms in total. The monoisotopic (exact) mass is 379 g/mol.